The molecule has 3 rings (SSSR count). The molecule has 0 N–H and O–H groups in total. The molecule has 2 heteroatoms. The third kappa shape index (κ3) is 3.95. The zero-order valence-corrected chi connectivity index (χ0v) is 16.0. The van der Waals surface area contributed by atoms with E-state index in [0.717, 1.165) is 23.4 Å². The largest absolute Gasteiger partial charge is 0.198 e. The molecule has 3 saturated carbocycles. The molecular formula is C21H37NP+. The van der Waals surface area contributed by atoms with Crippen LogP contribution < -0.4 is 0 Å². The van der Waals surface area contributed by atoms with Crippen molar-refractivity contribution in [3.63, 3.8) is 0 Å². The first-order chi connectivity index (χ1) is 11.4. The van der Waals surface area contributed by atoms with Crippen LogP contribution in [0.5, 0.6) is 0 Å². The molecule has 0 aromatic rings. The van der Waals surface area contributed by atoms with Crippen molar-refractivity contribution in [2.75, 3.05) is 6.16 Å². The van der Waals surface area contributed by atoms with Crippen LogP contribution in [-0.2, 0) is 0 Å². The molecule has 0 heterocycles. The van der Waals surface area contributed by atoms with E-state index in [4.69, 9.17) is 0 Å². The Morgan fingerprint density at radius 1 is 0.609 bits per heavy atom. The van der Waals surface area contributed by atoms with Crippen LogP contribution in [0.25, 0.3) is 0 Å². The maximum Gasteiger partial charge on any atom is 0.0732 e. The maximum atomic E-state index is 9.39. The second kappa shape index (κ2) is 8.85. The van der Waals surface area contributed by atoms with E-state index < -0.39 is 7.26 Å². The van der Waals surface area contributed by atoms with Gasteiger partial charge in [-0.2, -0.15) is 5.26 Å². The lowest BCUT2D eigenvalue weighted by atomic mass is 9.99. The summed E-state index contributed by atoms with van der Waals surface area (Å²) in [5, 5.41) is 9.39. The Bertz CT molecular complexity index is 336. The number of rotatable bonds is 5. The van der Waals surface area contributed by atoms with Crippen LogP contribution in [0, 0.1) is 11.3 Å². The van der Waals surface area contributed by atoms with Gasteiger partial charge in [-0.05, 0) is 77.0 Å². The molecule has 0 aromatic heterocycles. The Labute approximate surface area is 144 Å². The van der Waals surface area contributed by atoms with E-state index >= 15 is 0 Å². The molecule has 1 nitrogen and oxygen atoms in total. The summed E-state index contributed by atoms with van der Waals surface area (Å²) in [6, 6.07) is 2.57. The van der Waals surface area contributed by atoms with Crippen LogP contribution in [0.15, 0.2) is 0 Å². The first kappa shape index (κ1) is 17.7. The van der Waals surface area contributed by atoms with E-state index in [-0.39, 0.29) is 0 Å². The molecule has 130 valence electrons. The monoisotopic (exact) mass is 334 g/mol. The second-order valence-electron chi connectivity index (χ2n) is 8.50. The van der Waals surface area contributed by atoms with Gasteiger partial charge in [0.2, 0.25) is 0 Å². The van der Waals surface area contributed by atoms with Gasteiger partial charge in [-0.3, -0.25) is 0 Å². The Morgan fingerprint density at radius 3 is 1.26 bits per heavy atom. The maximum absolute atomic E-state index is 9.39. The van der Waals surface area contributed by atoms with Gasteiger partial charge in [0.1, 0.15) is 0 Å². The van der Waals surface area contributed by atoms with E-state index in [9.17, 15) is 5.26 Å². The number of hydrogen-bond donors (Lipinski definition) is 0. The summed E-state index contributed by atoms with van der Waals surface area (Å²) in [5.41, 5.74) is 3.15. The highest BCUT2D eigenvalue weighted by atomic mass is 31.2. The van der Waals surface area contributed by atoms with Crippen molar-refractivity contribution in [2.24, 2.45) is 0 Å². The molecule has 0 atom stereocenters. The fraction of sp³-hybridized carbons (Fsp3) is 0.952. The molecule has 0 amide bonds. The molecule has 3 fully saturated rings. The average molecular weight is 335 g/mol. The van der Waals surface area contributed by atoms with E-state index in [1.165, 1.54) is 102 Å². The summed E-state index contributed by atoms with van der Waals surface area (Å²) in [7, 11) is -0.961. The molecule has 23 heavy (non-hydrogen) atoms. The minimum Gasteiger partial charge on any atom is -0.198 e. The van der Waals surface area contributed by atoms with Crippen molar-refractivity contribution in [1.82, 2.24) is 0 Å². The highest BCUT2D eigenvalue weighted by molar-refractivity contribution is 7.77. The lowest BCUT2D eigenvalue weighted by Gasteiger charge is -2.48. The van der Waals surface area contributed by atoms with Crippen molar-refractivity contribution in [3.8, 4) is 6.07 Å². The van der Waals surface area contributed by atoms with Gasteiger partial charge in [0, 0.05) is 7.26 Å². The van der Waals surface area contributed by atoms with Gasteiger partial charge in [0.25, 0.3) is 0 Å². The van der Waals surface area contributed by atoms with E-state index in [0.29, 0.717) is 0 Å². The van der Waals surface area contributed by atoms with Crippen molar-refractivity contribution >= 4 is 7.26 Å². The molecule has 0 spiro atoms. The minimum absolute atomic E-state index is 0.858. The molecule has 0 unspecified atom stereocenters. The number of nitriles is 1. The Kier molecular flexibility index (Phi) is 6.83. The summed E-state index contributed by atoms with van der Waals surface area (Å²) < 4.78 is 0. The molecule has 0 aromatic carbocycles. The first-order valence-electron chi connectivity index (χ1n) is 10.6. The normalized spacial score (nSPS) is 26.0. The van der Waals surface area contributed by atoms with E-state index in [1.54, 1.807) is 0 Å². The van der Waals surface area contributed by atoms with Gasteiger partial charge >= 0.3 is 0 Å². The van der Waals surface area contributed by atoms with Gasteiger partial charge in [-0.15, -0.1) is 0 Å². The van der Waals surface area contributed by atoms with Crippen molar-refractivity contribution < 1.29 is 0 Å². The van der Waals surface area contributed by atoms with E-state index in [1.807, 2.05) is 0 Å². The molecule has 0 radical (unpaired) electrons. The van der Waals surface area contributed by atoms with Gasteiger partial charge < -0.3 is 0 Å². The highest BCUT2D eigenvalue weighted by Gasteiger charge is 2.56. The van der Waals surface area contributed by atoms with Crippen LogP contribution in [0.4, 0.5) is 0 Å². The van der Waals surface area contributed by atoms with Crippen LogP contribution >= 0.6 is 7.26 Å². The molecule has 0 bridgehead atoms. The summed E-state index contributed by atoms with van der Waals surface area (Å²) in [5.74, 6) is 0. The molecule has 3 aliphatic carbocycles. The highest BCUT2D eigenvalue weighted by Crippen LogP contribution is 2.77. The summed E-state index contributed by atoms with van der Waals surface area (Å²) in [6.45, 7) is 0. The molecule has 0 saturated heterocycles. The van der Waals surface area contributed by atoms with Crippen molar-refractivity contribution in [2.45, 2.75) is 120 Å². The second-order valence-corrected chi connectivity index (χ2v) is 13.1. The topological polar surface area (TPSA) is 23.8 Å². The van der Waals surface area contributed by atoms with Crippen LogP contribution in [-0.4, -0.2) is 23.1 Å². The standard InChI is InChI=1S/C21H37NP/c22-17-10-18-23(19-11-4-1-5-12-19,20-13-6-2-7-14-20)21-15-8-3-9-16-21/h19-21H,1-16,18H2/q+1. The third-order valence-corrected chi connectivity index (χ3v) is 14.0. The smallest absolute Gasteiger partial charge is 0.0732 e. The zero-order valence-electron chi connectivity index (χ0n) is 15.1. The average Bonchev–Trinajstić information content (AvgIpc) is 2.65. The van der Waals surface area contributed by atoms with Gasteiger partial charge in [0.05, 0.1) is 35.6 Å². The van der Waals surface area contributed by atoms with E-state index in [2.05, 4.69) is 6.07 Å². The zero-order chi connectivity index (χ0) is 16.0. The van der Waals surface area contributed by atoms with Crippen molar-refractivity contribution in [3.05, 3.63) is 0 Å². The van der Waals surface area contributed by atoms with Crippen molar-refractivity contribution in [1.29, 1.82) is 5.26 Å². The van der Waals surface area contributed by atoms with Gasteiger partial charge in [0.15, 0.2) is 0 Å². The Morgan fingerprint density at radius 2 is 0.957 bits per heavy atom. The van der Waals surface area contributed by atoms with Gasteiger partial charge in [-0.25, -0.2) is 0 Å². The molecular weight excluding hydrogens is 297 g/mol. The molecule has 0 aliphatic heterocycles. The minimum atomic E-state index is -0.961. The molecule has 3 aliphatic rings. The van der Waals surface area contributed by atoms with Crippen LogP contribution in [0.1, 0.15) is 103 Å². The Balaban J connectivity index is 1.90. The SMILES string of the molecule is N#CCC[P+](C1CCCCC1)(C1CCCCC1)C1CCCCC1. The number of nitrogens with zero attached hydrogens (tertiary/aromatic N) is 1. The van der Waals surface area contributed by atoms with Gasteiger partial charge in [-0.1, -0.05) is 19.3 Å². The number of hydrogen-bond acceptors (Lipinski definition) is 1. The van der Waals surface area contributed by atoms with Crippen LogP contribution in [0.3, 0.4) is 0 Å². The fourth-order valence-corrected chi connectivity index (χ4v) is 13.7. The quantitative estimate of drug-likeness (QED) is 0.501. The lowest BCUT2D eigenvalue weighted by Crippen LogP contribution is -2.37. The Hall–Kier alpha value is -0.0800. The lowest BCUT2D eigenvalue weighted by molar-refractivity contribution is 0.450. The third-order valence-electron chi connectivity index (χ3n) is 7.37. The first-order valence-corrected chi connectivity index (χ1v) is 12.8. The predicted octanol–water partition coefficient (Wildman–Crippen LogP) is 6.92. The van der Waals surface area contributed by atoms with Crippen LogP contribution in [0.2, 0.25) is 0 Å². The fourth-order valence-electron chi connectivity index (χ4n) is 6.37. The summed E-state index contributed by atoms with van der Waals surface area (Å²) in [6.07, 6.45) is 24.7. The predicted molar refractivity (Wildman–Crippen MR) is 103 cm³/mol. The summed E-state index contributed by atoms with van der Waals surface area (Å²) in [4.78, 5) is 0. The summed E-state index contributed by atoms with van der Waals surface area (Å²) >= 11 is 0.